The third-order valence-electron chi connectivity index (χ3n) is 3.13. The predicted octanol–water partition coefficient (Wildman–Crippen LogP) is 4.11. The fourth-order valence-electron chi connectivity index (χ4n) is 1.84. The zero-order valence-corrected chi connectivity index (χ0v) is 14.5. The second kappa shape index (κ2) is 7.61. The van der Waals surface area contributed by atoms with Crippen LogP contribution in [0.4, 0.5) is 0 Å². The molecule has 5 heteroatoms. The highest BCUT2D eigenvalue weighted by atomic mass is 79.9. The molecule has 0 radical (unpaired) electrons. The molecular weight excluding hydrogens is 350 g/mol. The van der Waals surface area contributed by atoms with E-state index in [2.05, 4.69) is 22.9 Å². The lowest BCUT2D eigenvalue weighted by Gasteiger charge is -2.16. The number of benzene rings is 1. The predicted molar refractivity (Wildman–Crippen MR) is 89.8 cm³/mol. The Bertz CT molecular complexity index is 595. The molecule has 0 saturated heterocycles. The summed E-state index contributed by atoms with van der Waals surface area (Å²) in [6, 6.07) is 9.88. The Kier molecular flexibility index (Phi) is 5.82. The van der Waals surface area contributed by atoms with Gasteiger partial charge in [-0.25, -0.2) is 0 Å². The maximum absolute atomic E-state index is 12.0. The summed E-state index contributed by atoms with van der Waals surface area (Å²) < 4.78 is 6.59. The van der Waals surface area contributed by atoms with Gasteiger partial charge in [-0.2, -0.15) is 0 Å². The van der Waals surface area contributed by atoms with Crippen molar-refractivity contribution in [3.63, 3.8) is 0 Å². The Balaban J connectivity index is 1.82. The summed E-state index contributed by atoms with van der Waals surface area (Å²) in [5.74, 6) is 0.701. The van der Waals surface area contributed by atoms with Gasteiger partial charge in [-0.1, -0.05) is 19.1 Å². The summed E-state index contributed by atoms with van der Waals surface area (Å²) in [4.78, 5) is 14.9. The molecule has 2 aromatic rings. The van der Waals surface area contributed by atoms with Crippen LogP contribution in [0.3, 0.4) is 0 Å². The number of hydrogen-bond donors (Lipinski definition) is 0. The summed E-state index contributed by atoms with van der Waals surface area (Å²) >= 11 is 5.05. The van der Waals surface area contributed by atoms with Crippen LogP contribution < -0.4 is 4.74 Å². The van der Waals surface area contributed by atoms with E-state index in [1.54, 1.807) is 23.3 Å². The Morgan fingerprint density at radius 3 is 2.62 bits per heavy atom. The Labute approximate surface area is 137 Å². The minimum Gasteiger partial charge on any atom is -0.484 e. The molecule has 0 aliphatic heterocycles. The number of hydrogen-bond acceptors (Lipinski definition) is 3. The van der Waals surface area contributed by atoms with Gasteiger partial charge >= 0.3 is 0 Å². The van der Waals surface area contributed by atoms with E-state index in [1.807, 2.05) is 35.7 Å². The highest BCUT2D eigenvalue weighted by Gasteiger charge is 2.11. The van der Waals surface area contributed by atoms with Crippen molar-refractivity contribution in [3.8, 4) is 5.75 Å². The number of ether oxygens (including phenoxy) is 1. The number of rotatable bonds is 6. The SMILES string of the molecule is CCc1ccc(OCC(=O)N(C)Cc2cc(Br)cs2)cc1. The molecule has 2 rings (SSSR count). The van der Waals surface area contributed by atoms with Crippen molar-refractivity contribution in [2.45, 2.75) is 19.9 Å². The second-order valence-electron chi connectivity index (χ2n) is 4.77. The molecular formula is C16H18BrNO2S. The lowest BCUT2D eigenvalue weighted by atomic mass is 10.2. The molecule has 112 valence electrons. The quantitative estimate of drug-likeness (QED) is 0.768. The van der Waals surface area contributed by atoms with Crippen LogP contribution in [0.2, 0.25) is 0 Å². The van der Waals surface area contributed by atoms with Gasteiger partial charge in [0.05, 0.1) is 6.54 Å². The number of likely N-dealkylation sites (N-methyl/N-ethyl adjacent to an activating group) is 1. The van der Waals surface area contributed by atoms with E-state index in [0.717, 1.165) is 21.5 Å². The van der Waals surface area contributed by atoms with E-state index >= 15 is 0 Å². The average molecular weight is 368 g/mol. The molecule has 0 aliphatic carbocycles. The third kappa shape index (κ3) is 4.86. The first-order valence-electron chi connectivity index (χ1n) is 6.77. The summed E-state index contributed by atoms with van der Waals surface area (Å²) in [7, 11) is 1.79. The molecule has 0 saturated carbocycles. The smallest absolute Gasteiger partial charge is 0.260 e. The van der Waals surface area contributed by atoms with Gasteiger partial charge in [-0.3, -0.25) is 4.79 Å². The monoisotopic (exact) mass is 367 g/mol. The molecule has 0 atom stereocenters. The molecule has 0 aliphatic rings. The van der Waals surface area contributed by atoms with Crippen LogP contribution in [0.5, 0.6) is 5.75 Å². The minimum atomic E-state index is -0.0286. The van der Waals surface area contributed by atoms with Crippen LogP contribution in [0.25, 0.3) is 0 Å². The van der Waals surface area contributed by atoms with Crippen molar-refractivity contribution < 1.29 is 9.53 Å². The zero-order chi connectivity index (χ0) is 15.2. The van der Waals surface area contributed by atoms with Crippen molar-refractivity contribution in [1.29, 1.82) is 0 Å². The molecule has 0 unspecified atom stereocenters. The van der Waals surface area contributed by atoms with Gasteiger partial charge < -0.3 is 9.64 Å². The highest BCUT2D eigenvalue weighted by molar-refractivity contribution is 9.10. The maximum Gasteiger partial charge on any atom is 0.260 e. The van der Waals surface area contributed by atoms with E-state index in [9.17, 15) is 4.79 Å². The van der Waals surface area contributed by atoms with Crippen molar-refractivity contribution in [3.05, 3.63) is 50.6 Å². The number of nitrogens with zero attached hydrogens (tertiary/aromatic N) is 1. The summed E-state index contributed by atoms with van der Waals surface area (Å²) in [5, 5.41) is 2.01. The molecule has 3 nitrogen and oxygen atoms in total. The first-order chi connectivity index (χ1) is 10.1. The molecule has 0 spiro atoms. The van der Waals surface area contributed by atoms with Crippen LogP contribution >= 0.6 is 27.3 Å². The fourth-order valence-corrected chi connectivity index (χ4v) is 3.34. The topological polar surface area (TPSA) is 29.5 Å². The normalized spacial score (nSPS) is 10.4. The molecule has 1 amide bonds. The largest absolute Gasteiger partial charge is 0.484 e. The van der Waals surface area contributed by atoms with Crippen molar-refractivity contribution in [2.24, 2.45) is 0 Å². The number of carbonyl (C=O) groups is 1. The first-order valence-corrected chi connectivity index (χ1v) is 8.44. The first kappa shape index (κ1) is 16.0. The van der Waals surface area contributed by atoms with Gasteiger partial charge in [0.2, 0.25) is 0 Å². The molecule has 1 heterocycles. The second-order valence-corrected chi connectivity index (χ2v) is 6.68. The summed E-state index contributed by atoms with van der Waals surface area (Å²) in [5.41, 5.74) is 1.26. The molecule has 21 heavy (non-hydrogen) atoms. The van der Waals surface area contributed by atoms with Gasteiger partial charge in [0.25, 0.3) is 5.91 Å². The molecule has 0 fully saturated rings. The molecule has 0 N–H and O–H groups in total. The fraction of sp³-hybridized carbons (Fsp3) is 0.312. The van der Waals surface area contributed by atoms with E-state index in [1.165, 1.54) is 5.56 Å². The van der Waals surface area contributed by atoms with E-state index < -0.39 is 0 Å². The van der Waals surface area contributed by atoms with Crippen molar-refractivity contribution in [2.75, 3.05) is 13.7 Å². The van der Waals surface area contributed by atoms with Crippen LogP contribution in [0.15, 0.2) is 40.2 Å². The van der Waals surface area contributed by atoms with E-state index in [-0.39, 0.29) is 12.5 Å². The van der Waals surface area contributed by atoms with Gasteiger partial charge in [0.1, 0.15) is 5.75 Å². The minimum absolute atomic E-state index is 0.0286. The van der Waals surface area contributed by atoms with E-state index in [0.29, 0.717) is 6.54 Å². The van der Waals surface area contributed by atoms with Crippen LogP contribution in [0.1, 0.15) is 17.4 Å². The standard InChI is InChI=1S/C16H18BrNO2S/c1-3-12-4-6-14(7-5-12)20-10-16(19)18(2)9-15-8-13(17)11-21-15/h4-8,11H,3,9-10H2,1-2H3. The number of halogens is 1. The Morgan fingerprint density at radius 1 is 1.33 bits per heavy atom. The van der Waals surface area contributed by atoms with E-state index in [4.69, 9.17) is 4.74 Å². The van der Waals surface area contributed by atoms with Gasteiger partial charge in [-0.15, -0.1) is 11.3 Å². The Hall–Kier alpha value is -1.33. The average Bonchev–Trinajstić information content (AvgIpc) is 2.90. The number of thiophene rings is 1. The van der Waals surface area contributed by atoms with Crippen molar-refractivity contribution >= 4 is 33.2 Å². The lowest BCUT2D eigenvalue weighted by Crippen LogP contribution is -2.30. The van der Waals surface area contributed by atoms with Crippen LogP contribution in [-0.2, 0) is 17.8 Å². The summed E-state index contributed by atoms with van der Waals surface area (Å²) in [6.07, 6.45) is 0.998. The zero-order valence-electron chi connectivity index (χ0n) is 12.1. The number of amides is 1. The van der Waals surface area contributed by atoms with Gasteiger partial charge in [-0.05, 0) is 46.1 Å². The van der Waals surface area contributed by atoms with Gasteiger partial charge in [0, 0.05) is 21.8 Å². The van der Waals surface area contributed by atoms with Crippen LogP contribution in [0, 0.1) is 0 Å². The lowest BCUT2D eigenvalue weighted by molar-refractivity contribution is -0.132. The third-order valence-corrected chi connectivity index (χ3v) is 4.82. The van der Waals surface area contributed by atoms with Crippen LogP contribution in [-0.4, -0.2) is 24.5 Å². The highest BCUT2D eigenvalue weighted by Crippen LogP contribution is 2.21. The van der Waals surface area contributed by atoms with Crippen molar-refractivity contribution in [1.82, 2.24) is 4.90 Å². The molecule has 0 bridgehead atoms. The summed E-state index contributed by atoms with van der Waals surface area (Å²) in [6.45, 7) is 2.78. The maximum atomic E-state index is 12.0. The number of carbonyl (C=O) groups excluding carboxylic acids is 1. The number of aryl methyl sites for hydroxylation is 1. The molecule has 1 aromatic carbocycles. The van der Waals surface area contributed by atoms with Gasteiger partial charge in [0.15, 0.2) is 6.61 Å². The Morgan fingerprint density at radius 2 is 2.05 bits per heavy atom. The molecule has 1 aromatic heterocycles.